The molecular formula is C13H9F4NO2. The summed E-state index contributed by atoms with van der Waals surface area (Å²) < 4.78 is 55.8. The molecule has 0 atom stereocenters. The molecule has 2 aromatic rings. The van der Waals surface area contributed by atoms with Crippen LogP contribution in [0.25, 0.3) is 0 Å². The summed E-state index contributed by atoms with van der Waals surface area (Å²) in [6.07, 6.45) is -3.47. The maximum Gasteiger partial charge on any atom is 0.419 e. The van der Waals surface area contributed by atoms with E-state index in [1.54, 1.807) is 0 Å². The van der Waals surface area contributed by atoms with E-state index >= 15 is 0 Å². The first kappa shape index (κ1) is 14.3. The zero-order valence-corrected chi connectivity index (χ0v) is 9.99. The van der Waals surface area contributed by atoms with Gasteiger partial charge < -0.3 is 9.84 Å². The zero-order valence-electron chi connectivity index (χ0n) is 9.99. The van der Waals surface area contributed by atoms with Gasteiger partial charge in [-0.25, -0.2) is 9.37 Å². The fourth-order valence-corrected chi connectivity index (χ4v) is 1.47. The zero-order chi connectivity index (χ0) is 14.8. The summed E-state index contributed by atoms with van der Waals surface area (Å²) >= 11 is 0. The summed E-state index contributed by atoms with van der Waals surface area (Å²) in [7, 11) is 0. The lowest BCUT2D eigenvalue weighted by Gasteiger charge is -2.10. The number of alkyl halides is 3. The van der Waals surface area contributed by atoms with Gasteiger partial charge in [0, 0.05) is 12.3 Å². The molecule has 0 radical (unpaired) electrons. The average Bonchev–Trinajstić information content (AvgIpc) is 2.40. The summed E-state index contributed by atoms with van der Waals surface area (Å²) in [4.78, 5) is 3.80. The van der Waals surface area contributed by atoms with Gasteiger partial charge in [0.15, 0.2) is 0 Å². The van der Waals surface area contributed by atoms with Crippen molar-refractivity contribution in [3.8, 4) is 11.6 Å². The number of nitrogens with zero attached hydrogens (tertiary/aromatic N) is 1. The van der Waals surface area contributed by atoms with Crippen LogP contribution in [0.5, 0.6) is 11.6 Å². The topological polar surface area (TPSA) is 42.4 Å². The Hall–Kier alpha value is -2.15. The minimum atomic E-state index is -4.79. The van der Waals surface area contributed by atoms with Crippen LogP contribution in [0.3, 0.4) is 0 Å². The first-order chi connectivity index (χ1) is 9.40. The lowest BCUT2D eigenvalue weighted by molar-refractivity contribution is -0.140. The SMILES string of the molecule is OCc1ccc(Oc2ccc(F)c(C(F)(F)F)c2)nc1. The average molecular weight is 287 g/mol. The minimum Gasteiger partial charge on any atom is -0.439 e. The van der Waals surface area contributed by atoms with Crippen molar-refractivity contribution >= 4 is 0 Å². The van der Waals surface area contributed by atoms with Gasteiger partial charge in [0.2, 0.25) is 5.88 Å². The largest absolute Gasteiger partial charge is 0.439 e. The molecule has 1 N–H and O–H groups in total. The van der Waals surface area contributed by atoms with Crippen LogP contribution < -0.4 is 4.74 Å². The molecule has 0 unspecified atom stereocenters. The van der Waals surface area contributed by atoms with E-state index in [4.69, 9.17) is 9.84 Å². The number of pyridine rings is 1. The molecule has 106 valence electrons. The van der Waals surface area contributed by atoms with Gasteiger partial charge in [0.25, 0.3) is 0 Å². The summed E-state index contributed by atoms with van der Waals surface area (Å²) in [6, 6.07) is 5.22. The second-order valence-electron chi connectivity index (χ2n) is 3.90. The predicted octanol–water partition coefficient (Wildman–Crippen LogP) is 3.52. The molecule has 0 saturated heterocycles. The van der Waals surface area contributed by atoms with Crippen LogP contribution in [0.1, 0.15) is 11.1 Å². The lowest BCUT2D eigenvalue weighted by atomic mass is 10.2. The first-order valence-electron chi connectivity index (χ1n) is 5.50. The molecule has 7 heteroatoms. The van der Waals surface area contributed by atoms with Crippen molar-refractivity contribution in [1.29, 1.82) is 0 Å². The summed E-state index contributed by atoms with van der Waals surface area (Å²) in [5, 5.41) is 8.83. The van der Waals surface area contributed by atoms with Crippen LogP contribution in [0.4, 0.5) is 17.6 Å². The second-order valence-corrected chi connectivity index (χ2v) is 3.90. The van der Waals surface area contributed by atoms with Crippen molar-refractivity contribution in [3.63, 3.8) is 0 Å². The Bertz CT molecular complexity index is 596. The highest BCUT2D eigenvalue weighted by molar-refractivity contribution is 5.34. The predicted molar refractivity (Wildman–Crippen MR) is 61.6 cm³/mol. The summed E-state index contributed by atoms with van der Waals surface area (Å²) in [5.41, 5.74) is -0.866. The Labute approximate surface area is 111 Å². The van der Waals surface area contributed by atoms with Gasteiger partial charge in [0.05, 0.1) is 12.2 Å². The van der Waals surface area contributed by atoms with E-state index in [2.05, 4.69) is 4.98 Å². The second kappa shape index (κ2) is 5.46. The number of rotatable bonds is 3. The molecule has 0 amide bonds. The molecule has 0 fully saturated rings. The molecule has 20 heavy (non-hydrogen) atoms. The lowest BCUT2D eigenvalue weighted by Crippen LogP contribution is -2.08. The van der Waals surface area contributed by atoms with Crippen LogP contribution in [0, 0.1) is 5.82 Å². The molecule has 0 aliphatic carbocycles. The Morgan fingerprint density at radius 3 is 2.45 bits per heavy atom. The number of aliphatic hydroxyl groups is 1. The van der Waals surface area contributed by atoms with Gasteiger partial charge in [-0.3, -0.25) is 0 Å². The molecule has 0 bridgehead atoms. The number of aliphatic hydroxyl groups excluding tert-OH is 1. The Morgan fingerprint density at radius 1 is 1.15 bits per heavy atom. The van der Waals surface area contributed by atoms with E-state index in [-0.39, 0.29) is 18.2 Å². The molecule has 1 heterocycles. The highest BCUT2D eigenvalue weighted by Crippen LogP contribution is 2.34. The highest BCUT2D eigenvalue weighted by Gasteiger charge is 2.34. The van der Waals surface area contributed by atoms with Gasteiger partial charge in [-0.1, -0.05) is 0 Å². The van der Waals surface area contributed by atoms with E-state index in [9.17, 15) is 17.6 Å². The normalized spacial score (nSPS) is 11.4. The molecule has 1 aromatic carbocycles. The Kier molecular flexibility index (Phi) is 3.89. The fraction of sp³-hybridized carbons (Fsp3) is 0.154. The third-order valence-corrected chi connectivity index (χ3v) is 2.45. The van der Waals surface area contributed by atoms with Crippen LogP contribution in [-0.4, -0.2) is 10.1 Å². The summed E-state index contributed by atoms with van der Waals surface area (Å²) in [6.45, 7) is -0.206. The van der Waals surface area contributed by atoms with Crippen molar-refractivity contribution < 1.29 is 27.4 Å². The molecule has 0 saturated carbocycles. The van der Waals surface area contributed by atoms with Crippen molar-refractivity contribution in [2.75, 3.05) is 0 Å². The smallest absolute Gasteiger partial charge is 0.419 e. The van der Waals surface area contributed by atoms with Crippen molar-refractivity contribution in [3.05, 3.63) is 53.5 Å². The maximum atomic E-state index is 13.1. The fourth-order valence-electron chi connectivity index (χ4n) is 1.47. The quantitative estimate of drug-likeness (QED) is 0.878. The van der Waals surface area contributed by atoms with Gasteiger partial charge in [0.1, 0.15) is 11.6 Å². The molecule has 1 aromatic heterocycles. The van der Waals surface area contributed by atoms with Gasteiger partial charge >= 0.3 is 6.18 Å². The van der Waals surface area contributed by atoms with Crippen LogP contribution in [0.15, 0.2) is 36.5 Å². The maximum absolute atomic E-state index is 13.1. The van der Waals surface area contributed by atoms with Crippen LogP contribution in [-0.2, 0) is 12.8 Å². The monoisotopic (exact) mass is 287 g/mol. The summed E-state index contributed by atoms with van der Waals surface area (Å²) in [5.74, 6) is -1.50. The van der Waals surface area contributed by atoms with Crippen molar-refractivity contribution in [2.24, 2.45) is 0 Å². The number of hydrogen-bond donors (Lipinski definition) is 1. The van der Waals surface area contributed by atoms with E-state index in [0.717, 1.165) is 6.07 Å². The van der Waals surface area contributed by atoms with E-state index in [1.165, 1.54) is 18.3 Å². The van der Waals surface area contributed by atoms with Gasteiger partial charge in [-0.15, -0.1) is 0 Å². The molecule has 0 aliphatic heterocycles. The molecule has 0 aliphatic rings. The van der Waals surface area contributed by atoms with E-state index in [1.807, 2.05) is 0 Å². The third kappa shape index (κ3) is 3.24. The van der Waals surface area contributed by atoms with Gasteiger partial charge in [-0.2, -0.15) is 13.2 Å². The van der Waals surface area contributed by atoms with E-state index < -0.39 is 17.6 Å². The third-order valence-electron chi connectivity index (χ3n) is 2.45. The van der Waals surface area contributed by atoms with Crippen LogP contribution >= 0.6 is 0 Å². The number of benzene rings is 1. The molecule has 3 nitrogen and oxygen atoms in total. The van der Waals surface area contributed by atoms with E-state index in [0.29, 0.717) is 17.7 Å². The molecular weight excluding hydrogens is 278 g/mol. The first-order valence-corrected chi connectivity index (χ1v) is 5.50. The van der Waals surface area contributed by atoms with Crippen molar-refractivity contribution in [1.82, 2.24) is 4.98 Å². The minimum absolute atomic E-state index is 0.0435. The van der Waals surface area contributed by atoms with Gasteiger partial charge in [-0.05, 0) is 29.8 Å². The van der Waals surface area contributed by atoms with Crippen molar-refractivity contribution in [2.45, 2.75) is 12.8 Å². The highest BCUT2D eigenvalue weighted by atomic mass is 19.4. The Morgan fingerprint density at radius 2 is 1.90 bits per heavy atom. The number of hydrogen-bond acceptors (Lipinski definition) is 3. The number of ether oxygens (including phenoxy) is 1. The van der Waals surface area contributed by atoms with Crippen LogP contribution in [0.2, 0.25) is 0 Å². The standard InChI is InChI=1S/C13H9F4NO2/c14-11-3-2-9(5-10(11)13(15,16)17)20-12-4-1-8(7-19)6-18-12/h1-6,19H,7H2. The number of aromatic nitrogens is 1. The molecule has 2 rings (SSSR count). The molecule has 0 spiro atoms. The number of halogens is 4. The Balaban J connectivity index is 2.25.